The maximum atomic E-state index is 12.8. The molecular weight excluding hydrogens is 408 g/mol. The molecule has 1 saturated heterocycles. The predicted octanol–water partition coefficient (Wildman–Crippen LogP) is 3.32. The Morgan fingerprint density at radius 3 is 2.34 bits per heavy atom. The number of hydrogen-bond donors (Lipinski definition) is 2. The fourth-order valence-electron chi connectivity index (χ4n) is 3.47. The molecule has 0 saturated carbocycles. The summed E-state index contributed by atoms with van der Waals surface area (Å²) in [6.45, 7) is 5.54. The van der Waals surface area contributed by atoms with Crippen LogP contribution in [0.5, 0.6) is 11.5 Å². The summed E-state index contributed by atoms with van der Waals surface area (Å²) in [5, 5.41) is 5.75. The Bertz CT molecular complexity index is 874. The number of carbonyl (C=O) groups is 2. The Hall–Kier alpha value is -3.06. The van der Waals surface area contributed by atoms with Crippen LogP contribution in [-0.4, -0.2) is 44.3 Å². The van der Waals surface area contributed by atoms with Gasteiger partial charge in [0.2, 0.25) is 5.91 Å². The van der Waals surface area contributed by atoms with Crippen LogP contribution in [0.1, 0.15) is 42.6 Å². The van der Waals surface area contributed by atoms with Crippen molar-refractivity contribution in [3.05, 3.63) is 59.7 Å². The molecule has 2 aromatic rings. The number of rotatable bonds is 10. The summed E-state index contributed by atoms with van der Waals surface area (Å²) in [5.74, 6) is 0.867. The smallest absolute Gasteiger partial charge is 0.251 e. The molecule has 2 N–H and O–H groups in total. The number of benzene rings is 2. The van der Waals surface area contributed by atoms with E-state index in [4.69, 9.17) is 14.2 Å². The van der Waals surface area contributed by atoms with E-state index >= 15 is 0 Å². The fraction of sp³-hybridized carbons (Fsp3) is 0.440. The summed E-state index contributed by atoms with van der Waals surface area (Å²) in [6, 6.07) is 13.8. The molecule has 2 unspecified atom stereocenters. The first-order valence-electron chi connectivity index (χ1n) is 11.0. The highest BCUT2D eigenvalue weighted by molar-refractivity contribution is 5.97. The molecule has 1 fully saturated rings. The molecule has 2 amide bonds. The Kier molecular flexibility index (Phi) is 8.50. The van der Waals surface area contributed by atoms with E-state index in [1.807, 2.05) is 38.1 Å². The van der Waals surface area contributed by atoms with Crippen molar-refractivity contribution in [3.63, 3.8) is 0 Å². The van der Waals surface area contributed by atoms with Crippen LogP contribution in [-0.2, 0) is 16.1 Å². The van der Waals surface area contributed by atoms with Crippen molar-refractivity contribution in [3.8, 4) is 11.5 Å². The van der Waals surface area contributed by atoms with Gasteiger partial charge in [0.25, 0.3) is 5.91 Å². The van der Waals surface area contributed by atoms with Gasteiger partial charge in [-0.25, -0.2) is 0 Å². The zero-order valence-electron chi connectivity index (χ0n) is 18.9. The lowest BCUT2D eigenvalue weighted by molar-refractivity contribution is -0.124. The summed E-state index contributed by atoms with van der Waals surface area (Å²) >= 11 is 0. The number of methoxy groups -OCH3 is 1. The predicted molar refractivity (Wildman–Crippen MR) is 122 cm³/mol. The number of carbonyl (C=O) groups excluding carboxylic acids is 2. The Morgan fingerprint density at radius 1 is 1.06 bits per heavy atom. The van der Waals surface area contributed by atoms with Gasteiger partial charge < -0.3 is 24.8 Å². The molecule has 0 aromatic heterocycles. The SMILES string of the molecule is COc1ccc(C(=O)NC(C(=O)NCc2ccc(OCC3CCCO3)cc2)C(C)C)cc1. The summed E-state index contributed by atoms with van der Waals surface area (Å²) < 4.78 is 16.5. The molecule has 2 aromatic carbocycles. The maximum Gasteiger partial charge on any atom is 0.251 e. The highest BCUT2D eigenvalue weighted by Gasteiger charge is 2.24. The van der Waals surface area contributed by atoms with E-state index in [1.165, 1.54) is 0 Å². The second-order valence-electron chi connectivity index (χ2n) is 8.23. The van der Waals surface area contributed by atoms with E-state index in [0.717, 1.165) is 30.8 Å². The van der Waals surface area contributed by atoms with Gasteiger partial charge in [-0.1, -0.05) is 26.0 Å². The van der Waals surface area contributed by atoms with Crippen LogP contribution in [0.15, 0.2) is 48.5 Å². The van der Waals surface area contributed by atoms with Gasteiger partial charge in [0.15, 0.2) is 0 Å². The minimum atomic E-state index is -0.640. The van der Waals surface area contributed by atoms with Gasteiger partial charge in [-0.05, 0) is 60.7 Å². The van der Waals surface area contributed by atoms with Crippen LogP contribution >= 0.6 is 0 Å². The van der Waals surface area contributed by atoms with E-state index < -0.39 is 6.04 Å². The lowest BCUT2D eigenvalue weighted by atomic mass is 10.0. The minimum absolute atomic E-state index is 0.0641. The Labute approximate surface area is 189 Å². The number of amides is 2. The average Bonchev–Trinajstić information content (AvgIpc) is 3.33. The molecule has 2 atom stereocenters. The third kappa shape index (κ3) is 6.72. The van der Waals surface area contributed by atoms with Gasteiger partial charge in [0.1, 0.15) is 24.1 Å². The van der Waals surface area contributed by atoms with Crippen LogP contribution < -0.4 is 20.1 Å². The van der Waals surface area contributed by atoms with Gasteiger partial charge in [-0.2, -0.15) is 0 Å². The first-order chi connectivity index (χ1) is 15.5. The van der Waals surface area contributed by atoms with Crippen LogP contribution in [0.4, 0.5) is 0 Å². The van der Waals surface area contributed by atoms with Crippen molar-refractivity contribution in [2.45, 2.75) is 45.4 Å². The zero-order valence-corrected chi connectivity index (χ0v) is 18.9. The molecular formula is C25H32N2O5. The molecule has 0 spiro atoms. The highest BCUT2D eigenvalue weighted by atomic mass is 16.5. The first kappa shape index (κ1) is 23.6. The van der Waals surface area contributed by atoms with Crippen LogP contribution in [0, 0.1) is 5.92 Å². The lowest BCUT2D eigenvalue weighted by Gasteiger charge is -2.22. The molecule has 0 bridgehead atoms. The monoisotopic (exact) mass is 440 g/mol. The van der Waals surface area contributed by atoms with E-state index in [2.05, 4.69) is 10.6 Å². The first-order valence-corrected chi connectivity index (χ1v) is 11.0. The van der Waals surface area contributed by atoms with Crippen LogP contribution in [0.3, 0.4) is 0 Å². The topological polar surface area (TPSA) is 85.9 Å². The normalized spacial score (nSPS) is 16.4. The van der Waals surface area contributed by atoms with Crippen molar-refractivity contribution in [1.82, 2.24) is 10.6 Å². The average molecular weight is 441 g/mol. The van der Waals surface area contributed by atoms with Crippen LogP contribution in [0.25, 0.3) is 0 Å². The number of hydrogen-bond acceptors (Lipinski definition) is 5. The van der Waals surface area contributed by atoms with E-state index in [-0.39, 0.29) is 23.8 Å². The largest absolute Gasteiger partial charge is 0.497 e. The lowest BCUT2D eigenvalue weighted by Crippen LogP contribution is -2.49. The molecule has 7 nitrogen and oxygen atoms in total. The second-order valence-corrected chi connectivity index (χ2v) is 8.23. The van der Waals surface area contributed by atoms with Gasteiger partial charge in [-0.3, -0.25) is 9.59 Å². The van der Waals surface area contributed by atoms with Gasteiger partial charge in [0.05, 0.1) is 13.2 Å². The summed E-state index contributed by atoms with van der Waals surface area (Å²) in [4.78, 5) is 25.3. The van der Waals surface area contributed by atoms with Crippen molar-refractivity contribution in [2.24, 2.45) is 5.92 Å². The van der Waals surface area contributed by atoms with E-state index in [0.29, 0.717) is 24.5 Å². The Balaban J connectivity index is 1.49. The molecule has 1 heterocycles. The quantitative estimate of drug-likeness (QED) is 0.592. The van der Waals surface area contributed by atoms with Crippen molar-refractivity contribution >= 4 is 11.8 Å². The third-order valence-electron chi connectivity index (χ3n) is 5.44. The minimum Gasteiger partial charge on any atom is -0.497 e. The van der Waals surface area contributed by atoms with E-state index in [9.17, 15) is 9.59 Å². The molecule has 32 heavy (non-hydrogen) atoms. The Morgan fingerprint density at radius 2 is 1.75 bits per heavy atom. The second kappa shape index (κ2) is 11.5. The molecule has 1 aliphatic heterocycles. The van der Waals surface area contributed by atoms with Crippen molar-refractivity contribution in [2.75, 3.05) is 20.3 Å². The maximum absolute atomic E-state index is 12.8. The number of ether oxygens (including phenoxy) is 3. The molecule has 3 rings (SSSR count). The number of nitrogens with one attached hydrogen (secondary N) is 2. The van der Waals surface area contributed by atoms with Crippen molar-refractivity contribution in [1.29, 1.82) is 0 Å². The van der Waals surface area contributed by atoms with Gasteiger partial charge >= 0.3 is 0 Å². The standard InChI is InChI=1S/C25H32N2O5/c1-17(2)23(27-24(28)19-8-12-20(30-3)13-9-19)25(29)26-15-18-6-10-21(11-7-18)32-16-22-5-4-14-31-22/h6-13,17,22-23H,4-5,14-16H2,1-3H3,(H,26,29)(H,27,28). The molecule has 7 heteroatoms. The molecule has 0 radical (unpaired) electrons. The van der Waals surface area contributed by atoms with Gasteiger partial charge in [-0.15, -0.1) is 0 Å². The fourth-order valence-corrected chi connectivity index (χ4v) is 3.47. The third-order valence-corrected chi connectivity index (χ3v) is 5.44. The molecule has 1 aliphatic rings. The highest BCUT2D eigenvalue weighted by Crippen LogP contribution is 2.17. The van der Waals surface area contributed by atoms with Crippen molar-refractivity contribution < 1.29 is 23.8 Å². The van der Waals surface area contributed by atoms with E-state index in [1.54, 1.807) is 31.4 Å². The summed E-state index contributed by atoms with van der Waals surface area (Å²) in [5.41, 5.74) is 1.43. The molecule has 0 aliphatic carbocycles. The van der Waals surface area contributed by atoms with Crippen LogP contribution in [0.2, 0.25) is 0 Å². The molecule has 172 valence electrons. The summed E-state index contributed by atoms with van der Waals surface area (Å²) in [7, 11) is 1.57. The summed E-state index contributed by atoms with van der Waals surface area (Å²) in [6.07, 6.45) is 2.30. The zero-order chi connectivity index (χ0) is 22.9. The van der Waals surface area contributed by atoms with Gasteiger partial charge in [0, 0.05) is 18.7 Å².